The van der Waals surface area contributed by atoms with Crippen LogP contribution in [0.25, 0.3) is 50.8 Å². The van der Waals surface area contributed by atoms with E-state index in [0.29, 0.717) is 0 Å². The molecule has 0 amide bonds. The van der Waals surface area contributed by atoms with Gasteiger partial charge >= 0.3 is 0 Å². The summed E-state index contributed by atoms with van der Waals surface area (Å²) in [7, 11) is 0. The molecule has 35 heavy (non-hydrogen) atoms. The molecule has 0 saturated heterocycles. The van der Waals surface area contributed by atoms with Gasteiger partial charge in [-0.3, -0.25) is 0 Å². The van der Waals surface area contributed by atoms with Gasteiger partial charge < -0.3 is 0 Å². The minimum Gasteiger partial charge on any atom is -0.140 e. The van der Waals surface area contributed by atoms with Crippen molar-refractivity contribution in [3.05, 3.63) is 71.6 Å². The monoisotopic (exact) mass is 512 g/mol. The molecule has 0 saturated carbocycles. The van der Waals surface area contributed by atoms with Crippen LogP contribution in [-0.4, -0.2) is 0 Å². The Morgan fingerprint density at radius 3 is 1.89 bits per heavy atom. The first-order valence-electron chi connectivity index (χ1n) is 13.2. The summed E-state index contributed by atoms with van der Waals surface area (Å²) in [5.41, 5.74) is 1.31. The van der Waals surface area contributed by atoms with E-state index in [9.17, 15) is 0 Å². The SMILES string of the molecule is CCCCCCCCCCc1cc2cc3c(cc2s1)sc1cc2sc(-c4ccccc4)cc2cc13. The van der Waals surface area contributed by atoms with Crippen molar-refractivity contribution in [1.29, 1.82) is 0 Å². The maximum absolute atomic E-state index is 2.46. The van der Waals surface area contributed by atoms with E-state index in [1.54, 1.807) is 4.88 Å². The van der Waals surface area contributed by atoms with Gasteiger partial charge in [-0.25, -0.2) is 0 Å². The zero-order chi connectivity index (χ0) is 23.6. The molecular weight excluding hydrogens is 481 g/mol. The van der Waals surface area contributed by atoms with Gasteiger partial charge in [0.05, 0.1) is 0 Å². The smallest absolute Gasteiger partial charge is 0.0369 e. The van der Waals surface area contributed by atoms with Crippen LogP contribution in [0.5, 0.6) is 0 Å². The van der Waals surface area contributed by atoms with E-state index in [0.717, 1.165) is 0 Å². The van der Waals surface area contributed by atoms with Gasteiger partial charge in [0.1, 0.15) is 0 Å². The summed E-state index contributed by atoms with van der Waals surface area (Å²) in [5.74, 6) is 0. The van der Waals surface area contributed by atoms with Crippen LogP contribution in [-0.2, 0) is 6.42 Å². The van der Waals surface area contributed by atoms with E-state index in [4.69, 9.17) is 0 Å². The van der Waals surface area contributed by atoms with Crippen molar-refractivity contribution in [2.24, 2.45) is 0 Å². The average Bonchev–Trinajstić information content (AvgIpc) is 3.57. The lowest BCUT2D eigenvalue weighted by molar-refractivity contribution is 0.576. The van der Waals surface area contributed by atoms with E-state index in [-0.39, 0.29) is 0 Å². The summed E-state index contributed by atoms with van der Waals surface area (Å²) in [5, 5.41) is 5.62. The molecule has 0 fully saturated rings. The second-order valence-electron chi connectivity index (χ2n) is 9.79. The van der Waals surface area contributed by atoms with E-state index in [1.165, 1.54) is 109 Å². The predicted octanol–water partition coefficient (Wildman–Crippen LogP) is 11.8. The maximum Gasteiger partial charge on any atom is 0.0369 e. The lowest BCUT2D eigenvalue weighted by Gasteiger charge is -2.00. The average molecular weight is 513 g/mol. The van der Waals surface area contributed by atoms with Crippen LogP contribution in [0, 0.1) is 0 Å². The molecule has 0 nitrogen and oxygen atoms in total. The molecule has 3 heterocycles. The molecule has 0 aliphatic heterocycles. The second kappa shape index (κ2) is 10.4. The standard InChI is InChI=1S/C32H32S3/c1-2-3-4-5-6-7-8-12-15-25-16-23-17-26-27-18-24-19-28(22-13-10-9-11-14-22)34-30(24)21-32(27)35-31(26)20-29(23)33-25/h9-11,13-14,16-21H,2-8,12,15H2,1H3. The van der Waals surface area contributed by atoms with Crippen LogP contribution in [0.2, 0.25) is 0 Å². The number of benzene rings is 3. The fraction of sp³-hybridized carbons (Fsp3) is 0.312. The Bertz CT molecular complexity index is 1580. The van der Waals surface area contributed by atoms with Gasteiger partial charge in [0.25, 0.3) is 0 Å². The van der Waals surface area contributed by atoms with Crippen LogP contribution in [0.4, 0.5) is 0 Å². The van der Waals surface area contributed by atoms with Gasteiger partial charge in [0.2, 0.25) is 0 Å². The van der Waals surface area contributed by atoms with Gasteiger partial charge in [-0.15, -0.1) is 34.0 Å². The van der Waals surface area contributed by atoms with Gasteiger partial charge in [-0.1, -0.05) is 82.2 Å². The number of fused-ring (bicyclic) bond motifs is 5. The fourth-order valence-electron chi connectivity index (χ4n) is 5.20. The number of aryl methyl sites for hydroxylation is 1. The number of hydrogen-bond acceptors (Lipinski definition) is 3. The lowest BCUT2D eigenvalue weighted by Crippen LogP contribution is -1.83. The molecule has 178 valence electrons. The normalized spacial score (nSPS) is 12.0. The Kier molecular flexibility index (Phi) is 6.91. The van der Waals surface area contributed by atoms with Crippen LogP contribution in [0.3, 0.4) is 0 Å². The molecule has 0 unspecified atom stereocenters. The minimum atomic E-state index is 1.24. The Hall–Kier alpha value is -2.20. The predicted molar refractivity (Wildman–Crippen MR) is 162 cm³/mol. The van der Waals surface area contributed by atoms with Crippen molar-refractivity contribution in [2.75, 3.05) is 0 Å². The summed E-state index contributed by atoms with van der Waals surface area (Å²) in [6.45, 7) is 2.29. The van der Waals surface area contributed by atoms with Crippen LogP contribution in [0.15, 0.2) is 66.7 Å². The molecule has 0 bridgehead atoms. The zero-order valence-electron chi connectivity index (χ0n) is 20.4. The molecule has 6 rings (SSSR count). The highest BCUT2D eigenvalue weighted by Crippen LogP contribution is 2.43. The van der Waals surface area contributed by atoms with Crippen LogP contribution in [0.1, 0.15) is 63.2 Å². The molecule has 0 aliphatic carbocycles. The van der Waals surface area contributed by atoms with Crippen LogP contribution < -0.4 is 0 Å². The molecular formula is C32H32S3. The molecule has 6 aromatic rings. The van der Waals surface area contributed by atoms with Crippen molar-refractivity contribution in [3.63, 3.8) is 0 Å². The number of hydrogen-bond donors (Lipinski definition) is 0. The van der Waals surface area contributed by atoms with Gasteiger partial charge in [0, 0.05) is 39.3 Å². The second-order valence-corrected chi connectivity index (χ2v) is 13.1. The van der Waals surface area contributed by atoms with E-state index in [1.807, 2.05) is 34.0 Å². The van der Waals surface area contributed by atoms with Crippen molar-refractivity contribution < 1.29 is 0 Å². The van der Waals surface area contributed by atoms with Crippen molar-refractivity contribution in [3.8, 4) is 10.4 Å². The highest BCUT2D eigenvalue weighted by molar-refractivity contribution is 7.27. The Morgan fingerprint density at radius 2 is 1.17 bits per heavy atom. The number of rotatable bonds is 10. The third kappa shape index (κ3) is 4.91. The summed E-state index contributed by atoms with van der Waals surface area (Å²) in [4.78, 5) is 2.91. The Balaban J connectivity index is 1.22. The summed E-state index contributed by atoms with van der Waals surface area (Å²) >= 11 is 5.87. The first kappa shape index (κ1) is 23.2. The summed E-state index contributed by atoms with van der Waals surface area (Å²) < 4.78 is 5.67. The quantitative estimate of drug-likeness (QED) is 0.160. The van der Waals surface area contributed by atoms with Crippen LogP contribution >= 0.6 is 34.0 Å². The minimum absolute atomic E-state index is 1.24. The first-order chi connectivity index (χ1) is 17.3. The maximum atomic E-state index is 2.46. The van der Waals surface area contributed by atoms with E-state index in [2.05, 4.69) is 73.7 Å². The fourth-order valence-corrected chi connectivity index (χ4v) is 8.71. The van der Waals surface area contributed by atoms with Gasteiger partial charge in [-0.2, -0.15) is 0 Å². The van der Waals surface area contributed by atoms with E-state index >= 15 is 0 Å². The molecule has 3 aromatic carbocycles. The largest absolute Gasteiger partial charge is 0.140 e. The third-order valence-electron chi connectivity index (χ3n) is 7.13. The first-order valence-corrected chi connectivity index (χ1v) is 15.6. The highest BCUT2D eigenvalue weighted by atomic mass is 32.1. The van der Waals surface area contributed by atoms with E-state index < -0.39 is 0 Å². The molecule has 0 N–H and O–H groups in total. The number of thiophene rings is 3. The van der Waals surface area contributed by atoms with Crippen molar-refractivity contribution in [1.82, 2.24) is 0 Å². The highest BCUT2D eigenvalue weighted by Gasteiger charge is 2.12. The molecule has 0 spiro atoms. The Morgan fingerprint density at radius 1 is 0.543 bits per heavy atom. The molecule has 0 aliphatic rings. The van der Waals surface area contributed by atoms with Gasteiger partial charge in [-0.05, 0) is 65.6 Å². The number of unbranched alkanes of at least 4 members (excludes halogenated alkanes) is 7. The zero-order valence-corrected chi connectivity index (χ0v) is 22.9. The van der Waals surface area contributed by atoms with Crippen molar-refractivity contribution >= 4 is 74.4 Å². The molecule has 3 heteroatoms. The summed E-state index contributed by atoms with van der Waals surface area (Å²) in [6.07, 6.45) is 12.4. The topological polar surface area (TPSA) is 0 Å². The molecule has 0 radical (unpaired) electrons. The lowest BCUT2D eigenvalue weighted by atomic mass is 10.1. The summed E-state index contributed by atoms with van der Waals surface area (Å²) in [6, 6.07) is 25.3. The van der Waals surface area contributed by atoms with Gasteiger partial charge in [0.15, 0.2) is 0 Å². The molecule has 3 aromatic heterocycles. The van der Waals surface area contributed by atoms with Crippen molar-refractivity contribution in [2.45, 2.75) is 64.7 Å². The third-order valence-corrected chi connectivity index (χ3v) is 10.6. The molecule has 0 atom stereocenters. The Labute approximate surface area is 220 Å².